The topological polar surface area (TPSA) is 0 Å². The van der Waals surface area contributed by atoms with Crippen LogP contribution in [0.4, 0.5) is 0 Å². The molecule has 0 aromatic carbocycles. The van der Waals surface area contributed by atoms with E-state index < -0.39 is 0 Å². The third-order valence-corrected chi connectivity index (χ3v) is 9.33. The van der Waals surface area contributed by atoms with Gasteiger partial charge in [0.2, 0.25) is 0 Å². The molecule has 0 radical (unpaired) electrons. The lowest BCUT2D eigenvalue weighted by Gasteiger charge is -2.57. The molecule has 1 atom stereocenters. The van der Waals surface area contributed by atoms with Gasteiger partial charge in [-0.3, -0.25) is 0 Å². The summed E-state index contributed by atoms with van der Waals surface area (Å²) in [5.41, 5.74) is 2.06. The fourth-order valence-electron chi connectivity index (χ4n) is 5.66. The Labute approximate surface area is 143 Å². The lowest BCUT2D eigenvalue weighted by Crippen LogP contribution is -2.46. The highest BCUT2D eigenvalue weighted by Gasteiger charge is 2.51. The molecule has 0 N–H and O–H groups in total. The van der Waals surface area contributed by atoms with Gasteiger partial charge in [-0.2, -0.15) is 0 Å². The number of alkyl halides is 1. The highest BCUT2D eigenvalue weighted by atomic mass is 79.9. The van der Waals surface area contributed by atoms with E-state index in [4.69, 9.17) is 0 Å². The van der Waals surface area contributed by atoms with E-state index in [1.165, 1.54) is 39.9 Å². The molecule has 3 heteroatoms. The lowest BCUT2D eigenvalue weighted by atomic mass is 9.48. The maximum atomic E-state index is 4.01. The van der Waals surface area contributed by atoms with Gasteiger partial charge >= 0.3 is 0 Å². The predicted molar refractivity (Wildman–Crippen MR) is 93.6 cm³/mol. The van der Waals surface area contributed by atoms with Gasteiger partial charge < -0.3 is 0 Å². The van der Waals surface area contributed by atoms with Crippen LogP contribution in [0.2, 0.25) is 0 Å². The fraction of sp³-hybridized carbons (Fsp3) is 0.765. The SMILES string of the molecule is Cc1cc(C(Br)CC23CC4CC(CC(C4)C2)C3)sc1Br. The van der Waals surface area contributed by atoms with E-state index in [0.717, 1.165) is 17.8 Å². The molecule has 4 aliphatic carbocycles. The zero-order chi connectivity index (χ0) is 13.9. The van der Waals surface area contributed by atoms with Crippen LogP contribution in [-0.4, -0.2) is 0 Å². The van der Waals surface area contributed by atoms with Crippen molar-refractivity contribution < 1.29 is 0 Å². The van der Waals surface area contributed by atoms with Crippen molar-refractivity contribution in [1.29, 1.82) is 0 Å². The molecule has 0 spiro atoms. The van der Waals surface area contributed by atoms with Crippen LogP contribution >= 0.6 is 43.2 Å². The summed E-state index contributed by atoms with van der Waals surface area (Å²) < 4.78 is 1.31. The van der Waals surface area contributed by atoms with Crippen molar-refractivity contribution in [2.45, 2.75) is 56.7 Å². The van der Waals surface area contributed by atoms with Crippen LogP contribution in [-0.2, 0) is 0 Å². The van der Waals surface area contributed by atoms with Gasteiger partial charge in [-0.05, 0) is 103 Å². The van der Waals surface area contributed by atoms with Gasteiger partial charge in [-0.15, -0.1) is 11.3 Å². The summed E-state index contributed by atoms with van der Waals surface area (Å²) in [6.45, 7) is 2.20. The molecule has 0 saturated heterocycles. The molecule has 1 aromatic heterocycles. The van der Waals surface area contributed by atoms with Gasteiger partial charge in [-0.1, -0.05) is 15.9 Å². The largest absolute Gasteiger partial charge is 0.132 e. The molecular formula is C17H22Br2S. The summed E-state index contributed by atoms with van der Waals surface area (Å²) in [7, 11) is 0. The van der Waals surface area contributed by atoms with Crippen molar-refractivity contribution >= 4 is 43.2 Å². The Balaban J connectivity index is 1.53. The van der Waals surface area contributed by atoms with E-state index in [1.807, 2.05) is 11.3 Å². The minimum Gasteiger partial charge on any atom is -0.132 e. The number of aryl methyl sites for hydroxylation is 1. The van der Waals surface area contributed by atoms with Crippen molar-refractivity contribution in [1.82, 2.24) is 0 Å². The molecule has 0 nitrogen and oxygen atoms in total. The Hall–Kier alpha value is 0.660. The minimum atomic E-state index is 0.564. The van der Waals surface area contributed by atoms with E-state index >= 15 is 0 Å². The average molecular weight is 418 g/mol. The Morgan fingerprint density at radius 3 is 2.20 bits per heavy atom. The first-order valence-corrected chi connectivity index (χ1v) is 10.5. The quantitative estimate of drug-likeness (QED) is 0.471. The van der Waals surface area contributed by atoms with Crippen LogP contribution < -0.4 is 0 Å². The molecule has 110 valence electrons. The molecule has 4 saturated carbocycles. The van der Waals surface area contributed by atoms with Gasteiger partial charge in [0.15, 0.2) is 0 Å². The Morgan fingerprint density at radius 1 is 1.20 bits per heavy atom. The van der Waals surface area contributed by atoms with Crippen LogP contribution in [0.25, 0.3) is 0 Å². The molecule has 1 heterocycles. The third kappa shape index (κ3) is 2.46. The number of thiophene rings is 1. The van der Waals surface area contributed by atoms with Gasteiger partial charge in [-0.25, -0.2) is 0 Å². The number of hydrogen-bond donors (Lipinski definition) is 0. The summed E-state index contributed by atoms with van der Waals surface area (Å²) >= 11 is 9.61. The van der Waals surface area contributed by atoms with E-state index in [-0.39, 0.29) is 0 Å². The molecule has 4 aliphatic rings. The Morgan fingerprint density at radius 2 is 1.75 bits per heavy atom. The summed E-state index contributed by atoms with van der Waals surface area (Å²) in [6.07, 6.45) is 10.6. The standard InChI is InChI=1S/C17H22Br2S/c1-10-2-15(20-16(10)19)14(18)9-17-6-11-3-12(7-17)5-13(4-11)8-17/h2,11-14H,3-9H2,1H3. The van der Waals surface area contributed by atoms with E-state index in [9.17, 15) is 0 Å². The number of halogens is 2. The predicted octanol–water partition coefficient (Wildman–Crippen LogP) is 6.86. The average Bonchev–Trinajstić information content (AvgIpc) is 2.67. The number of hydrogen-bond acceptors (Lipinski definition) is 1. The minimum absolute atomic E-state index is 0.564. The maximum Gasteiger partial charge on any atom is 0.0730 e. The monoisotopic (exact) mass is 416 g/mol. The second kappa shape index (κ2) is 5.09. The van der Waals surface area contributed by atoms with Crippen molar-refractivity contribution in [3.8, 4) is 0 Å². The summed E-state index contributed by atoms with van der Waals surface area (Å²) in [4.78, 5) is 2.08. The molecule has 0 amide bonds. The lowest BCUT2D eigenvalue weighted by molar-refractivity contribution is -0.0570. The van der Waals surface area contributed by atoms with Crippen molar-refractivity contribution in [2.75, 3.05) is 0 Å². The third-order valence-electron chi connectivity index (χ3n) is 5.96. The molecule has 4 bridgehead atoms. The van der Waals surface area contributed by atoms with E-state index in [0.29, 0.717) is 10.2 Å². The second-order valence-corrected chi connectivity index (χ2v) is 11.2. The Bertz CT molecular complexity index is 464. The molecule has 0 aliphatic heterocycles. The molecule has 1 unspecified atom stereocenters. The van der Waals surface area contributed by atoms with E-state index in [1.54, 1.807) is 19.3 Å². The van der Waals surface area contributed by atoms with Crippen LogP contribution in [0, 0.1) is 30.1 Å². The first-order valence-electron chi connectivity index (χ1n) is 7.93. The van der Waals surface area contributed by atoms with Crippen LogP contribution in [0.3, 0.4) is 0 Å². The summed E-state index contributed by atoms with van der Waals surface area (Å²) in [5.74, 6) is 3.20. The van der Waals surface area contributed by atoms with Crippen molar-refractivity contribution in [3.05, 3.63) is 20.3 Å². The van der Waals surface area contributed by atoms with Gasteiger partial charge in [0.25, 0.3) is 0 Å². The summed E-state index contributed by atoms with van der Waals surface area (Å²) in [6, 6.07) is 2.37. The van der Waals surface area contributed by atoms with Crippen molar-refractivity contribution in [2.24, 2.45) is 23.2 Å². The van der Waals surface area contributed by atoms with E-state index in [2.05, 4.69) is 44.8 Å². The van der Waals surface area contributed by atoms with Crippen LogP contribution in [0.1, 0.15) is 60.2 Å². The molecule has 5 rings (SSSR count). The van der Waals surface area contributed by atoms with Gasteiger partial charge in [0, 0.05) is 9.70 Å². The summed E-state index contributed by atoms with van der Waals surface area (Å²) in [5, 5.41) is 0. The van der Waals surface area contributed by atoms with Crippen LogP contribution in [0.15, 0.2) is 9.85 Å². The molecule has 4 fully saturated rings. The zero-order valence-electron chi connectivity index (χ0n) is 12.0. The second-order valence-electron chi connectivity index (χ2n) is 7.69. The highest BCUT2D eigenvalue weighted by Crippen LogP contribution is 2.63. The Kier molecular flexibility index (Phi) is 3.63. The number of rotatable bonds is 3. The van der Waals surface area contributed by atoms with Gasteiger partial charge in [0.1, 0.15) is 0 Å². The smallest absolute Gasteiger partial charge is 0.0730 e. The zero-order valence-corrected chi connectivity index (χ0v) is 16.0. The fourth-order valence-corrected chi connectivity index (χ4v) is 8.31. The van der Waals surface area contributed by atoms with Gasteiger partial charge in [0.05, 0.1) is 3.79 Å². The highest BCUT2D eigenvalue weighted by molar-refractivity contribution is 9.11. The first kappa shape index (κ1) is 14.3. The molecule has 1 aromatic rings. The van der Waals surface area contributed by atoms with Crippen molar-refractivity contribution in [3.63, 3.8) is 0 Å². The maximum absolute atomic E-state index is 4.01. The molecular weight excluding hydrogens is 396 g/mol. The molecule has 20 heavy (non-hydrogen) atoms. The van der Waals surface area contributed by atoms with Crippen LogP contribution in [0.5, 0.6) is 0 Å². The normalized spacial score (nSPS) is 40.2. The first-order chi connectivity index (χ1) is 9.53.